The molecule has 0 spiro atoms. The molecule has 1 aromatic rings. The monoisotopic (exact) mass is 445 g/mol. The number of hydrogen-bond donors (Lipinski definition) is 1. The van der Waals surface area contributed by atoms with Crippen LogP contribution in [0.15, 0.2) is 30.3 Å². The summed E-state index contributed by atoms with van der Waals surface area (Å²) in [5.41, 5.74) is 7.39. The number of benzene rings is 1. The third-order valence-electron chi connectivity index (χ3n) is 6.47. The summed E-state index contributed by atoms with van der Waals surface area (Å²) < 4.78 is 5.53. The van der Waals surface area contributed by atoms with E-state index in [4.69, 9.17) is 10.5 Å². The van der Waals surface area contributed by atoms with Gasteiger partial charge in [-0.15, -0.1) is 24.8 Å². The lowest BCUT2D eigenvalue weighted by atomic mass is 9.89. The highest BCUT2D eigenvalue weighted by molar-refractivity contribution is 5.85. The molecule has 7 heteroatoms. The molecular formula is C22H37Cl2N3O2. The first-order valence-corrected chi connectivity index (χ1v) is 10.5. The normalized spacial score (nSPS) is 23.4. The number of amides is 1. The number of halogens is 2. The van der Waals surface area contributed by atoms with Gasteiger partial charge in [-0.2, -0.15) is 0 Å². The van der Waals surface area contributed by atoms with Gasteiger partial charge in [0.15, 0.2) is 0 Å². The van der Waals surface area contributed by atoms with Crippen LogP contribution in [-0.4, -0.2) is 67.7 Å². The minimum Gasteiger partial charge on any atom is -0.379 e. The Bertz CT molecular complexity index is 595. The number of nitrogens with two attached hydrogens (primary N) is 1. The van der Waals surface area contributed by atoms with Gasteiger partial charge in [0.25, 0.3) is 0 Å². The molecule has 0 saturated carbocycles. The van der Waals surface area contributed by atoms with E-state index in [2.05, 4.69) is 47.9 Å². The molecule has 1 aromatic carbocycles. The number of carbonyl (C=O) groups excluding carboxylic acids is 1. The molecule has 5 nitrogen and oxygen atoms in total. The van der Waals surface area contributed by atoms with Crippen LogP contribution in [0.2, 0.25) is 0 Å². The van der Waals surface area contributed by atoms with E-state index in [1.807, 2.05) is 6.07 Å². The summed E-state index contributed by atoms with van der Waals surface area (Å²) in [6, 6.07) is 10.5. The summed E-state index contributed by atoms with van der Waals surface area (Å²) in [5, 5.41) is 0. The SMILES string of the molecule is CCC(CC)C(C(=O)N1C[C@@H](CN)[C@H](c2ccccc2)C1)N1CCOCC1.Cl.Cl. The maximum absolute atomic E-state index is 13.6. The van der Waals surface area contributed by atoms with Crippen LogP contribution < -0.4 is 5.73 Å². The highest BCUT2D eigenvalue weighted by atomic mass is 35.5. The van der Waals surface area contributed by atoms with Crippen molar-refractivity contribution in [2.75, 3.05) is 45.9 Å². The van der Waals surface area contributed by atoms with Crippen molar-refractivity contribution >= 4 is 30.7 Å². The number of hydrogen-bond acceptors (Lipinski definition) is 4. The molecule has 2 fully saturated rings. The van der Waals surface area contributed by atoms with Gasteiger partial charge < -0.3 is 15.4 Å². The lowest BCUT2D eigenvalue weighted by molar-refractivity contribution is -0.140. The van der Waals surface area contributed by atoms with Crippen molar-refractivity contribution in [1.29, 1.82) is 0 Å². The summed E-state index contributed by atoms with van der Waals surface area (Å²) in [6.45, 7) is 9.73. The highest BCUT2D eigenvalue weighted by Gasteiger charge is 2.41. The van der Waals surface area contributed by atoms with E-state index in [9.17, 15) is 4.79 Å². The van der Waals surface area contributed by atoms with Crippen LogP contribution in [-0.2, 0) is 9.53 Å². The van der Waals surface area contributed by atoms with Crippen molar-refractivity contribution in [1.82, 2.24) is 9.80 Å². The molecule has 3 rings (SSSR count). The Morgan fingerprint density at radius 3 is 2.28 bits per heavy atom. The number of morpholine rings is 1. The third-order valence-corrected chi connectivity index (χ3v) is 6.47. The fourth-order valence-corrected chi connectivity index (χ4v) is 4.80. The minimum absolute atomic E-state index is 0. The second-order valence-electron chi connectivity index (χ2n) is 7.93. The Morgan fingerprint density at radius 1 is 1.10 bits per heavy atom. The van der Waals surface area contributed by atoms with Gasteiger partial charge in [0.05, 0.1) is 19.3 Å². The number of nitrogens with zero attached hydrogens (tertiary/aromatic N) is 2. The van der Waals surface area contributed by atoms with Gasteiger partial charge in [0, 0.05) is 32.1 Å². The van der Waals surface area contributed by atoms with Crippen LogP contribution in [0.3, 0.4) is 0 Å². The highest BCUT2D eigenvalue weighted by Crippen LogP contribution is 2.34. The first kappa shape index (κ1) is 26.2. The topological polar surface area (TPSA) is 58.8 Å². The smallest absolute Gasteiger partial charge is 0.240 e. The molecule has 0 aliphatic carbocycles. The zero-order valence-electron chi connectivity index (χ0n) is 17.7. The lowest BCUT2D eigenvalue weighted by Gasteiger charge is -2.39. The molecule has 2 aliphatic rings. The minimum atomic E-state index is -0.0307. The van der Waals surface area contributed by atoms with E-state index in [0.717, 1.165) is 52.2 Å². The maximum Gasteiger partial charge on any atom is 0.240 e. The number of likely N-dealkylation sites (tertiary alicyclic amines) is 1. The molecule has 0 aromatic heterocycles. The lowest BCUT2D eigenvalue weighted by Crippen LogP contribution is -2.55. The van der Waals surface area contributed by atoms with Crippen LogP contribution in [0.1, 0.15) is 38.2 Å². The molecule has 2 aliphatic heterocycles. The van der Waals surface area contributed by atoms with Crippen molar-refractivity contribution in [2.24, 2.45) is 17.6 Å². The van der Waals surface area contributed by atoms with Crippen molar-refractivity contribution in [2.45, 2.75) is 38.6 Å². The molecule has 29 heavy (non-hydrogen) atoms. The molecule has 1 amide bonds. The number of rotatable bonds is 7. The van der Waals surface area contributed by atoms with Crippen molar-refractivity contribution in [3.63, 3.8) is 0 Å². The Balaban J connectivity index is 0.00000210. The Morgan fingerprint density at radius 2 is 1.72 bits per heavy atom. The molecule has 2 saturated heterocycles. The maximum atomic E-state index is 13.6. The van der Waals surface area contributed by atoms with Crippen molar-refractivity contribution in [3.8, 4) is 0 Å². The average Bonchev–Trinajstić information content (AvgIpc) is 3.17. The van der Waals surface area contributed by atoms with Crippen LogP contribution in [0.5, 0.6) is 0 Å². The summed E-state index contributed by atoms with van der Waals surface area (Å²) in [5.74, 6) is 1.36. The predicted molar refractivity (Wildman–Crippen MR) is 123 cm³/mol. The van der Waals surface area contributed by atoms with E-state index in [-0.39, 0.29) is 30.9 Å². The summed E-state index contributed by atoms with van der Waals surface area (Å²) in [6.07, 6.45) is 2.06. The second kappa shape index (κ2) is 12.8. The van der Waals surface area contributed by atoms with E-state index in [1.165, 1.54) is 5.56 Å². The Hall–Kier alpha value is -0.850. The quantitative estimate of drug-likeness (QED) is 0.699. The third kappa shape index (κ3) is 6.08. The van der Waals surface area contributed by atoms with Crippen LogP contribution in [0.25, 0.3) is 0 Å². The Labute approximate surface area is 188 Å². The van der Waals surface area contributed by atoms with E-state index < -0.39 is 0 Å². The van der Waals surface area contributed by atoms with Crippen LogP contribution in [0.4, 0.5) is 0 Å². The summed E-state index contributed by atoms with van der Waals surface area (Å²) in [7, 11) is 0. The van der Waals surface area contributed by atoms with Gasteiger partial charge in [-0.1, -0.05) is 57.0 Å². The standard InChI is InChI=1S/C22H35N3O2.2ClH/c1-3-17(4-2)21(24-10-12-27-13-11-24)22(26)25-15-19(14-23)20(16-25)18-8-6-5-7-9-18;;/h5-9,17,19-21H,3-4,10-16,23H2,1-2H3;2*1H/t19-,20+,21?;;/m1../s1. The Kier molecular flexibility index (Phi) is 11.5. The molecule has 3 atom stereocenters. The summed E-state index contributed by atoms with van der Waals surface area (Å²) >= 11 is 0. The van der Waals surface area contributed by atoms with Gasteiger partial charge in [-0.3, -0.25) is 9.69 Å². The first-order valence-electron chi connectivity index (χ1n) is 10.5. The van der Waals surface area contributed by atoms with Gasteiger partial charge >= 0.3 is 0 Å². The van der Waals surface area contributed by atoms with Crippen LogP contribution in [0, 0.1) is 11.8 Å². The predicted octanol–water partition coefficient (Wildman–Crippen LogP) is 3.17. The molecule has 2 N–H and O–H groups in total. The van der Waals surface area contributed by atoms with Gasteiger partial charge in [-0.05, 0) is 23.9 Å². The van der Waals surface area contributed by atoms with Crippen LogP contribution >= 0.6 is 24.8 Å². The fraction of sp³-hybridized carbons (Fsp3) is 0.682. The largest absolute Gasteiger partial charge is 0.379 e. The van der Waals surface area contributed by atoms with Gasteiger partial charge in [0.2, 0.25) is 5.91 Å². The second-order valence-corrected chi connectivity index (χ2v) is 7.93. The molecular weight excluding hydrogens is 409 g/mol. The first-order chi connectivity index (χ1) is 13.2. The fourth-order valence-electron chi connectivity index (χ4n) is 4.80. The van der Waals surface area contributed by atoms with E-state index in [0.29, 0.717) is 30.2 Å². The van der Waals surface area contributed by atoms with Gasteiger partial charge in [-0.25, -0.2) is 0 Å². The molecule has 166 valence electrons. The molecule has 0 bridgehead atoms. The number of ether oxygens (including phenoxy) is 1. The molecule has 1 unspecified atom stereocenters. The van der Waals surface area contributed by atoms with Gasteiger partial charge in [0.1, 0.15) is 0 Å². The zero-order valence-corrected chi connectivity index (χ0v) is 19.3. The molecule has 0 radical (unpaired) electrons. The average molecular weight is 446 g/mol. The van der Waals surface area contributed by atoms with E-state index >= 15 is 0 Å². The summed E-state index contributed by atoms with van der Waals surface area (Å²) in [4.78, 5) is 18.1. The zero-order chi connectivity index (χ0) is 19.2. The van der Waals surface area contributed by atoms with Crippen molar-refractivity contribution < 1.29 is 9.53 Å². The molecule has 2 heterocycles. The van der Waals surface area contributed by atoms with E-state index in [1.54, 1.807) is 0 Å². The van der Waals surface area contributed by atoms with Crippen molar-refractivity contribution in [3.05, 3.63) is 35.9 Å². The number of carbonyl (C=O) groups is 1.